The van der Waals surface area contributed by atoms with Gasteiger partial charge in [0.05, 0.1) is 0 Å². The summed E-state index contributed by atoms with van der Waals surface area (Å²) in [7, 11) is 0. The quantitative estimate of drug-likeness (QED) is 0.565. The molecule has 1 aliphatic rings. The number of rotatable bonds is 9. The number of unbranched alkanes of at least 4 members (excludes halogenated alkanes) is 3. The van der Waals surface area contributed by atoms with Gasteiger partial charge in [-0.3, -0.25) is 0 Å². The maximum Gasteiger partial charge on any atom is 0.0474 e. The minimum absolute atomic E-state index is 0.0448. The molecule has 0 saturated heterocycles. The van der Waals surface area contributed by atoms with E-state index in [0.717, 1.165) is 12.8 Å². The summed E-state index contributed by atoms with van der Waals surface area (Å²) in [6.07, 6.45) is 11.2. The Labute approximate surface area is 119 Å². The molecular formula is C16H34N2O. The molecule has 19 heavy (non-hydrogen) atoms. The highest BCUT2D eigenvalue weighted by atomic mass is 16.3. The van der Waals surface area contributed by atoms with E-state index >= 15 is 0 Å². The molecule has 0 amide bonds. The van der Waals surface area contributed by atoms with Gasteiger partial charge in [-0.2, -0.15) is 0 Å². The minimum Gasteiger partial charge on any atom is -0.396 e. The molecule has 3 nitrogen and oxygen atoms in total. The van der Waals surface area contributed by atoms with Crippen LogP contribution in [0.5, 0.6) is 0 Å². The molecule has 1 rings (SSSR count). The Balaban J connectivity index is 2.43. The fourth-order valence-electron chi connectivity index (χ4n) is 3.24. The molecule has 0 aromatic heterocycles. The molecule has 0 aliphatic heterocycles. The number of nitrogens with two attached hydrogens (primary N) is 1. The van der Waals surface area contributed by atoms with Crippen LogP contribution < -0.4 is 11.1 Å². The molecule has 1 fully saturated rings. The SMILES string of the molecule is CCCCCCC(C)(CN)NC1CCCCC1CO. The molecule has 1 saturated carbocycles. The predicted octanol–water partition coefficient (Wildman–Crippen LogP) is 2.81. The first-order valence-electron chi connectivity index (χ1n) is 8.24. The Hall–Kier alpha value is -0.120. The largest absolute Gasteiger partial charge is 0.396 e. The molecule has 3 atom stereocenters. The van der Waals surface area contributed by atoms with Crippen molar-refractivity contribution in [1.29, 1.82) is 0 Å². The zero-order valence-corrected chi connectivity index (χ0v) is 13.0. The Morgan fingerprint density at radius 3 is 2.58 bits per heavy atom. The normalized spacial score (nSPS) is 27.2. The smallest absolute Gasteiger partial charge is 0.0474 e. The highest BCUT2D eigenvalue weighted by molar-refractivity contribution is 4.91. The lowest BCUT2D eigenvalue weighted by Crippen LogP contribution is -2.56. The van der Waals surface area contributed by atoms with E-state index in [-0.39, 0.29) is 5.54 Å². The third-order valence-corrected chi connectivity index (χ3v) is 4.71. The molecule has 0 heterocycles. The van der Waals surface area contributed by atoms with Crippen LogP contribution in [0.4, 0.5) is 0 Å². The third kappa shape index (κ3) is 5.80. The van der Waals surface area contributed by atoms with Crippen molar-refractivity contribution in [3.05, 3.63) is 0 Å². The van der Waals surface area contributed by atoms with Crippen molar-refractivity contribution in [1.82, 2.24) is 5.32 Å². The highest BCUT2D eigenvalue weighted by Gasteiger charge is 2.31. The first-order valence-corrected chi connectivity index (χ1v) is 8.24. The average molecular weight is 270 g/mol. The van der Waals surface area contributed by atoms with Gasteiger partial charge in [-0.05, 0) is 32.1 Å². The fourth-order valence-corrected chi connectivity index (χ4v) is 3.24. The zero-order valence-electron chi connectivity index (χ0n) is 13.0. The van der Waals surface area contributed by atoms with Gasteiger partial charge in [-0.15, -0.1) is 0 Å². The Morgan fingerprint density at radius 2 is 1.95 bits per heavy atom. The molecule has 3 unspecified atom stereocenters. The van der Waals surface area contributed by atoms with E-state index in [2.05, 4.69) is 19.2 Å². The lowest BCUT2D eigenvalue weighted by atomic mass is 9.82. The topological polar surface area (TPSA) is 58.3 Å². The second kappa shape index (κ2) is 8.93. The van der Waals surface area contributed by atoms with Crippen LogP contribution in [0.15, 0.2) is 0 Å². The average Bonchev–Trinajstić information content (AvgIpc) is 2.44. The standard InChI is InChI=1S/C16H34N2O/c1-3-4-5-8-11-16(2,13-17)18-15-10-7-6-9-14(15)12-19/h14-15,18-19H,3-13,17H2,1-2H3. The third-order valence-electron chi connectivity index (χ3n) is 4.71. The number of hydrogen-bond acceptors (Lipinski definition) is 3. The van der Waals surface area contributed by atoms with E-state index in [0.29, 0.717) is 25.1 Å². The van der Waals surface area contributed by atoms with Crippen molar-refractivity contribution in [2.75, 3.05) is 13.2 Å². The van der Waals surface area contributed by atoms with E-state index in [4.69, 9.17) is 5.73 Å². The second-order valence-corrected chi connectivity index (χ2v) is 6.55. The van der Waals surface area contributed by atoms with Crippen LogP contribution in [0.25, 0.3) is 0 Å². The number of hydrogen-bond donors (Lipinski definition) is 3. The molecule has 4 N–H and O–H groups in total. The highest BCUT2D eigenvalue weighted by Crippen LogP contribution is 2.27. The summed E-state index contributed by atoms with van der Waals surface area (Å²) < 4.78 is 0. The van der Waals surface area contributed by atoms with Gasteiger partial charge in [0.15, 0.2) is 0 Å². The molecule has 0 aromatic rings. The molecular weight excluding hydrogens is 236 g/mol. The summed E-state index contributed by atoms with van der Waals surface area (Å²) in [6.45, 7) is 5.50. The summed E-state index contributed by atoms with van der Waals surface area (Å²) in [6, 6.07) is 0.457. The molecule has 3 heteroatoms. The van der Waals surface area contributed by atoms with Gasteiger partial charge in [0, 0.05) is 24.7 Å². The van der Waals surface area contributed by atoms with Gasteiger partial charge in [-0.25, -0.2) is 0 Å². The lowest BCUT2D eigenvalue weighted by Gasteiger charge is -2.39. The monoisotopic (exact) mass is 270 g/mol. The summed E-state index contributed by atoms with van der Waals surface area (Å²) in [4.78, 5) is 0. The minimum atomic E-state index is 0.0448. The summed E-state index contributed by atoms with van der Waals surface area (Å²) >= 11 is 0. The Kier molecular flexibility index (Phi) is 7.96. The number of aliphatic hydroxyl groups excluding tert-OH is 1. The van der Waals surface area contributed by atoms with Gasteiger partial charge >= 0.3 is 0 Å². The van der Waals surface area contributed by atoms with Crippen LogP contribution >= 0.6 is 0 Å². The molecule has 1 aliphatic carbocycles. The van der Waals surface area contributed by atoms with Crippen LogP contribution in [0, 0.1) is 5.92 Å². The first-order chi connectivity index (χ1) is 9.15. The maximum atomic E-state index is 9.51. The number of aliphatic hydroxyl groups is 1. The van der Waals surface area contributed by atoms with Crippen molar-refractivity contribution in [3.8, 4) is 0 Å². The van der Waals surface area contributed by atoms with Gasteiger partial charge in [0.25, 0.3) is 0 Å². The first kappa shape index (κ1) is 16.9. The van der Waals surface area contributed by atoms with Gasteiger partial charge < -0.3 is 16.2 Å². The van der Waals surface area contributed by atoms with E-state index in [9.17, 15) is 5.11 Å². The van der Waals surface area contributed by atoms with Crippen molar-refractivity contribution in [3.63, 3.8) is 0 Å². The predicted molar refractivity (Wildman–Crippen MR) is 82.2 cm³/mol. The lowest BCUT2D eigenvalue weighted by molar-refractivity contribution is 0.128. The van der Waals surface area contributed by atoms with E-state index in [1.165, 1.54) is 44.9 Å². The maximum absolute atomic E-state index is 9.51. The second-order valence-electron chi connectivity index (χ2n) is 6.55. The van der Waals surface area contributed by atoms with E-state index in [1.807, 2.05) is 0 Å². The summed E-state index contributed by atoms with van der Waals surface area (Å²) in [5.74, 6) is 0.426. The van der Waals surface area contributed by atoms with Crippen molar-refractivity contribution in [2.45, 2.75) is 83.2 Å². The zero-order chi connectivity index (χ0) is 14.1. The van der Waals surface area contributed by atoms with Crippen molar-refractivity contribution >= 4 is 0 Å². The molecule has 0 spiro atoms. The van der Waals surface area contributed by atoms with Gasteiger partial charge in [-0.1, -0.05) is 45.4 Å². The van der Waals surface area contributed by atoms with Crippen LogP contribution in [0.2, 0.25) is 0 Å². The van der Waals surface area contributed by atoms with E-state index in [1.54, 1.807) is 0 Å². The Morgan fingerprint density at radius 1 is 1.21 bits per heavy atom. The van der Waals surface area contributed by atoms with E-state index < -0.39 is 0 Å². The fraction of sp³-hybridized carbons (Fsp3) is 1.00. The summed E-state index contributed by atoms with van der Waals surface area (Å²) in [5.41, 5.74) is 6.05. The molecule has 114 valence electrons. The van der Waals surface area contributed by atoms with Crippen LogP contribution in [0.3, 0.4) is 0 Å². The summed E-state index contributed by atoms with van der Waals surface area (Å²) in [5, 5.41) is 13.3. The Bertz CT molecular complexity index is 235. The van der Waals surface area contributed by atoms with Gasteiger partial charge in [0.1, 0.15) is 0 Å². The molecule has 0 radical (unpaired) electrons. The number of nitrogens with one attached hydrogen (secondary N) is 1. The van der Waals surface area contributed by atoms with Crippen LogP contribution in [0.1, 0.15) is 71.6 Å². The van der Waals surface area contributed by atoms with Crippen LogP contribution in [-0.2, 0) is 0 Å². The van der Waals surface area contributed by atoms with Gasteiger partial charge in [0.2, 0.25) is 0 Å². The van der Waals surface area contributed by atoms with Crippen molar-refractivity contribution < 1.29 is 5.11 Å². The van der Waals surface area contributed by atoms with Crippen molar-refractivity contribution in [2.24, 2.45) is 11.7 Å². The molecule has 0 aromatic carbocycles. The van der Waals surface area contributed by atoms with Crippen LogP contribution in [-0.4, -0.2) is 29.8 Å². The molecule has 0 bridgehead atoms.